The second-order valence-electron chi connectivity index (χ2n) is 7.94. The highest BCUT2D eigenvalue weighted by molar-refractivity contribution is 5.83. The monoisotopic (exact) mass is 490 g/mol. The molecule has 9 heteroatoms. The minimum atomic E-state index is -0.649. The van der Waals surface area contributed by atoms with Gasteiger partial charge in [-0.1, -0.05) is 0 Å². The molecule has 188 valence electrons. The molecule has 1 aromatic heterocycles. The molecular formula is C26H29F3N2O4. The van der Waals surface area contributed by atoms with Gasteiger partial charge in [0.1, 0.15) is 24.0 Å². The Morgan fingerprint density at radius 3 is 2.71 bits per heavy atom. The minimum absolute atomic E-state index is 0.0893. The van der Waals surface area contributed by atoms with Gasteiger partial charge < -0.3 is 19.5 Å². The van der Waals surface area contributed by atoms with Gasteiger partial charge in [-0.3, -0.25) is 9.78 Å². The van der Waals surface area contributed by atoms with Crippen molar-refractivity contribution in [2.24, 2.45) is 5.92 Å². The Morgan fingerprint density at radius 2 is 1.94 bits per heavy atom. The normalized spacial score (nSPS) is 11.9. The number of nitrogens with one attached hydrogen (secondary N) is 1. The zero-order valence-corrected chi connectivity index (χ0v) is 19.8. The Bertz CT molecular complexity index is 1140. The van der Waals surface area contributed by atoms with E-state index in [1.54, 1.807) is 32.2 Å². The highest BCUT2D eigenvalue weighted by Gasteiger charge is 2.20. The maximum Gasteiger partial charge on any atom is 0.310 e. The maximum absolute atomic E-state index is 14.6. The van der Waals surface area contributed by atoms with Crippen molar-refractivity contribution in [3.8, 4) is 11.5 Å². The Hall–Kier alpha value is -3.33. The fourth-order valence-electron chi connectivity index (χ4n) is 3.77. The van der Waals surface area contributed by atoms with Gasteiger partial charge in [0.2, 0.25) is 0 Å². The van der Waals surface area contributed by atoms with Crippen LogP contribution < -0.4 is 14.8 Å². The SMILES string of the molecule is CCOC(=O)C(CCCc1c(F)cnc2ccc(OC)cc12)CNCCOc1cc(F)ccc1F. The molecule has 2 aromatic carbocycles. The number of aryl methyl sites for hydroxylation is 1. The number of benzene rings is 2. The topological polar surface area (TPSA) is 69.7 Å². The van der Waals surface area contributed by atoms with Crippen LogP contribution in [0, 0.1) is 23.4 Å². The average molecular weight is 491 g/mol. The average Bonchev–Trinajstić information content (AvgIpc) is 2.85. The third kappa shape index (κ3) is 7.32. The molecule has 1 N–H and O–H groups in total. The summed E-state index contributed by atoms with van der Waals surface area (Å²) in [4.78, 5) is 16.6. The molecule has 1 unspecified atom stereocenters. The smallest absolute Gasteiger partial charge is 0.310 e. The molecule has 0 aliphatic heterocycles. The first-order chi connectivity index (χ1) is 16.9. The molecule has 0 saturated heterocycles. The number of hydrogen-bond donors (Lipinski definition) is 1. The van der Waals surface area contributed by atoms with Gasteiger partial charge in [-0.05, 0) is 62.1 Å². The first-order valence-corrected chi connectivity index (χ1v) is 11.5. The number of carbonyl (C=O) groups excluding carboxylic acids is 1. The van der Waals surface area contributed by atoms with Crippen molar-refractivity contribution in [3.05, 3.63) is 65.6 Å². The van der Waals surface area contributed by atoms with Crippen molar-refractivity contribution in [1.82, 2.24) is 10.3 Å². The number of pyridine rings is 1. The lowest BCUT2D eigenvalue weighted by Crippen LogP contribution is -2.32. The molecule has 0 spiro atoms. The largest absolute Gasteiger partial charge is 0.497 e. The number of esters is 1. The van der Waals surface area contributed by atoms with Gasteiger partial charge in [0, 0.05) is 24.5 Å². The van der Waals surface area contributed by atoms with Gasteiger partial charge in [-0.2, -0.15) is 0 Å². The molecule has 0 aliphatic carbocycles. The number of nitrogens with zero attached hydrogens (tertiary/aromatic N) is 1. The van der Waals surface area contributed by atoms with E-state index in [1.165, 1.54) is 6.20 Å². The lowest BCUT2D eigenvalue weighted by atomic mass is 9.97. The van der Waals surface area contributed by atoms with Crippen LogP contribution in [0.25, 0.3) is 10.9 Å². The Morgan fingerprint density at radius 1 is 1.11 bits per heavy atom. The standard InChI is InChI=1S/C26H29F3N2O4/c1-3-34-26(32)17(15-30-11-12-35-25-13-18(27)7-9-22(25)28)5-4-6-20-21-14-19(33-2)8-10-24(21)31-16-23(20)29/h7-10,13-14,16-17,30H,3-6,11-12,15H2,1-2H3. The van der Waals surface area contributed by atoms with E-state index in [1.807, 2.05) is 0 Å². The number of rotatable bonds is 13. The maximum atomic E-state index is 14.6. The number of carbonyl (C=O) groups is 1. The zero-order chi connectivity index (χ0) is 25.2. The summed E-state index contributed by atoms with van der Waals surface area (Å²) in [5, 5.41) is 3.77. The summed E-state index contributed by atoms with van der Waals surface area (Å²) >= 11 is 0. The molecule has 1 heterocycles. The van der Waals surface area contributed by atoms with Gasteiger partial charge in [0.25, 0.3) is 0 Å². The first-order valence-electron chi connectivity index (χ1n) is 11.5. The number of halogens is 3. The Kier molecular flexibility index (Phi) is 9.72. The fourth-order valence-corrected chi connectivity index (χ4v) is 3.77. The molecule has 0 fully saturated rings. The highest BCUT2D eigenvalue weighted by Crippen LogP contribution is 2.26. The van der Waals surface area contributed by atoms with E-state index in [0.29, 0.717) is 54.6 Å². The molecule has 3 rings (SSSR count). The van der Waals surface area contributed by atoms with Crippen molar-refractivity contribution in [2.75, 3.05) is 33.4 Å². The number of ether oxygens (including phenoxy) is 3. The van der Waals surface area contributed by atoms with E-state index < -0.39 is 23.4 Å². The Balaban J connectivity index is 1.55. The second kappa shape index (κ2) is 12.9. The summed E-state index contributed by atoms with van der Waals surface area (Å²) in [7, 11) is 1.55. The van der Waals surface area contributed by atoms with Gasteiger partial charge in [0.15, 0.2) is 11.6 Å². The number of aromatic nitrogens is 1. The second-order valence-corrected chi connectivity index (χ2v) is 7.94. The van der Waals surface area contributed by atoms with Crippen LogP contribution in [0.5, 0.6) is 11.5 Å². The van der Waals surface area contributed by atoms with Crippen LogP contribution in [0.3, 0.4) is 0 Å². The van der Waals surface area contributed by atoms with Gasteiger partial charge >= 0.3 is 5.97 Å². The summed E-state index contributed by atoms with van der Waals surface area (Å²) in [6.45, 7) is 2.69. The van der Waals surface area contributed by atoms with E-state index in [4.69, 9.17) is 14.2 Å². The Labute approximate surface area is 202 Å². The lowest BCUT2D eigenvalue weighted by molar-refractivity contribution is -0.148. The summed E-state index contributed by atoms with van der Waals surface area (Å²) in [5.74, 6) is -2.00. The number of methoxy groups -OCH3 is 1. The number of hydrogen-bond acceptors (Lipinski definition) is 6. The quantitative estimate of drug-likeness (QED) is 0.273. The predicted molar refractivity (Wildman–Crippen MR) is 126 cm³/mol. The predicted octanol–water partition coefficient (Wildman–Crippen LogP) is 4.83. The summed E-state index contributed by atoms with van der Waals surface area (Å²) in [6, 6.07) is 8.30. The number of fused-ring (bicyclic) bond motifs is 1. The van der Waals surface area contributed by atoms with Crippen molar-refractivity contribution in [3.63, 3.8) is 0 Å². The molecule has 6 nitrogen and oxygen atoms in total. The van der Waals surface area contributed by atoms with Gasteiger partial charge in [0.05, 0.1) is 31.3 Å². The van der Waals surface area contributed by atoms with E-state index in [-0.39, 0.29) is 24.9 Å². The van der Waals surface area contributed by atoms with Crippen molar-refractivity contribution in [2.45, 2.75) is 26.2 Å². The molecule has 1 atom stereocenters. The summed E-state index contributed by atoms with van der Waals surface area (Å²) in [6.07, 6.45) is 2.63. The van der Waals surface area contributed by atoms with Crippen LogP contribution in [-0.2, 0) is 16.0 Å². The molecule has 3 aromatic rings. The van der Waals surface area contributed by atoms with Crippen LogP contribution in [0.1, 0.15) is 25.3 Å². The molecule has 0 amide bonds. The van der Waals surface area contributed by atoms with Crippen LogP contribution >= 0.6 is 0 Å². The summed E-state index contributed by atoms with van der Waals surface area (Å²) < 4.78 is 57.1. The van der Waals surface area contributed by atoms with Crippen molar-refractivity contribution >= 4 is 16.9 Å². The third-order valence-electron chi connectivity index (χ3n) is 5.55. The van der Waals surface area contributed by atoms with Crippen LogP contribution in [0.2, 0.25) is 0 Å². The van der Waals surface area contributed by atoms with E-state index in [2.05, 4.69) is 10.3 Å². The molecule has 0 aliphatic rings. The molecule has 0 saturated carbocycles. The van der Waals surface area contributed by atoms with Gasteiger partial charge in [-0.15, -0.1) is 0 Å². The van der Waals surface area contributed by atoms with Crippen molar-refractivity contribution in [1.29, 1.82) is 0 Å². The van der Waals surface area contributed by atoms with Gasteiger partial charge in [-0.25, -0.2) is 13.2 Å². The van der Waals surface area contributed by atoms with E-state index >= 15 is 0 Å². The first kappa shape index (κ1) is 26.3. The lowest BCUT2D eigenvalue weighted by Gasteiger charge is -2.17. The summed E-state index contributed by atoms with van der Waals surface area (Å²) in [5.41, 5.74) is 1.19. The molecule has 0 bridgehead atoms. The third-order valence-corrected chi connectivity index (χ3v) is 5.55. The van der Waals surface area contributed by atoms with Crippen LogP contribution in [0.4, 0.5) is 13.2 Å². The van der Waals surface area contributed by atoms with E-state index in [9.17, 15) is 18.0 Å². The van der Waals surface area contributed by atoms with E-state index in [0.717, 1.165) is 18.2 Å². The van der Waals surface area contributed by atoms with Crippen LogP contribution in [-0.4, -0.2) is 44.4 Å². The zero-order valence-electron chi connectivity index (χ0n) is 19.8. The molecule has 35 heavy (non-hydrogen) atoms. The van der Waals surface area contributed by atoms with Crippen LogP contribution in [0.15, 0.2) is 42.6 Å². The fraction of sp³-hybridized carbons (Fsp3) is 0.385. The highest BCUT2D eigenvalue weighted by atomic mass is 19.1. The molecular weight excluding hydrogens is 461 g/mol. The molecule has 0 radical (unpaired) electrons. The minimum Gasteiger partial charge on any atom is -0.497 e. The van der Waals surface area contributed by atoms with Crippen molar-refractivity contribution < 1.29 is 32.2 Å².